The van der Waals surface area contributed by atoms with Crippen molar-refractivity contribution in [1.29, 1.82) is 5.41 Å². The average Bonchev–Trinajstić information content (AvgIpc) is 2.15. The van der Waals surface area contributed by atoms with Crippen molar-refractivity contribution in [3.8, 4) is 5.88 Å². The summed E-state index contributed by atoms with van der Waals surface area (Å²) in [7, 11) is 1.55. The normalized spacial score (nSPS) is 9.93. The van der Waals surface area contributed by atoms with Crippen LogP contribution in [0.3, 0.4) is 0 Å². The highest BCUT2D eigenvalue weighted by Crippen LogP contribution is 2.07. The van der Waals surface area contributed by atoms with Gasteiger partial charge in [-0.25, -0.2) is 4.98 Å². The van der Waals surface area contributed by atoms with Gasteiger partial charge in [-0.3, -0.25) is 0 Å². The van der Waals surface area contributed by atoms with Gasteiger partial charge in [0.1, 0.15) is 0 Å². The van der Waals surface area contributed by atoms with Crippen LogP contribution in [0.5, 0.6) is 5.88 Å². The molecule has 0 aliphatic rings. The molecule has 0 amide bonds. The van der Waals surface area contributed by atoms with Crippen LogP contribution in [0.2, 0.25) is 0 Å². The highest BCUT2D eigenvalue weighted by atomic mass is 32.1. The molecule has 0 aliphatic heterocycles. The second-order valence-electron chi connectivity index (χ2n) is 3.92. The Balaban J connectivity index is 0.000000336. The molecule has 0 saturated carbocycles. The van der Waals surface area contributed by atoms with E-state index < -0.39 is 0 Å². The highest BCUT2D eigenvalue weighted by Gasteiger charge is 1.96. The molecular formula is C11H18N2OS. The quantitative estimate of drug-likeness (QED) is 0.601. The second-order valence-corrected chi connectivity index (χ2v) is 5.26. The Morgan fingerprint density at radius 2 is 1.93 bits per heavy atom. The number of pyridine rings is 1. The molecule has 15 heavy (non-hydrogen) atoms. The predicted octanol–water partition coefficient (Wildman–Crippen LogP) is 2.80. The van der Waals surface area contributed by atoms with Gasteiger partial charge >= 0.3 is 0 Å². The summed E-state index contributed by atoms with van der Waals surface area (Å²) in [6.45, 7) is 6.16. The molecule has 0 spiro atoms. The van der Waals surface area contributed by atoms with Crippen molar-refractivity contribution in [2.24, 2.45) is 0 Å². The van der Waals surface area contributed by atoms with Crippen LogP contribution in [-0.4, -0.2) is 23.1 Å². The standard InChI is InChI=1S/C7H8N2O.C4H10S/c1-10-7-4-2-3-6(5-8)9-7;1-4(2,3)5/h2-5,8H,1H3;5H,1-3H3. The van der Waals surface area contributed by atoms with Crippen molar-refractivity contribution in [2.75, 3.05) is 7.11 Å². The van der Waals surface area contributed by atoms with E-state index in [0.29, 0.717) is 11.6 Å². The van der Waals surface area contributed by atoms with Crippen LogP contribution >= 0.6 is 12.6 Å². The molecule has 0 fully saturated rings. The van der Waals surface area contributed by atoms with Crippen molar-refractivity contribution in [2.45, 2.75) is 25.5 Å². The largest absolute Gasteiger partial charge is 0.481 e. The maximum absolute atomic E-state index is 6.87. The third-order valence-electron chi connectivity index (χ3n) is 1.10. The Morgan fingerprint density at radius 1 is 1.40 bits per heavy atom. The zero-order valence-electron chi connectivity index (χ0n) is 9.61. The lowest BCUT2D eigenvalue weighted by Gasteiger charge is -2.04. The molecule has 0 saturated heterocycles. The van der Waals surface area contributed by atoms with Gasteiger partial charge in [-0.1, -0.05) is 26.8 Å². The average molecular weight is 226 g/mol. The Hall–Kier alpha value is -1.03. The van der Waals surface area contributed by atoms with Gasteiger partial charge in [0, 0.05) is 17.0 Å². The molecule has 1 aromatic rings. The summed E-state index contributed by atoms with van der Waals surface area (Å²) in [4.78, 5) is 3.94. The number of ether oxygens (including phenoxy) is 1. The number of nitrogens with zero attached hydrogens (tertiary/aromatic N) is 1. The van der Waals surface area contributed by atoms with Crippen LogP contribution < -0.4 is 4.74 Å². The first-order valence-electron chi connectivity index (χ1n) is 4.60. The van der Waals surface area contributed by atoms with Crippen LogP contribution in [0.4, 0.5) is 0 Å². The number of nitrogens with one attached hydrogen (secondary N) is 1. The van der Waals surface area contributed by atoms with E-state index in [1.54, 1.807) is 25.3 Å². The number of methoxy groups -OCH3 is 1. The predicted molar refractivity (Wildman–Crippen MR) is 67.4 cm³/mol. The highest BCUT2D eigenvalue weighted by molar-refractivity contribution is 7.81. The number of aromatic nitrogens is 1. The summed E-state index contributed by atoms with van der Waals surface area (Å²) in [6.07, 6.45) is 1.18. The van der Waals surface area contributed by atoms with E-state index in [2.05, 4.69) is 38.4 Å². The summed E-state index contributed by atoms with van der Waals surface area (Å²) in [5.74, 6) is 0.543. The molecule has 1 N–H and O–H groups in total. The molecule has 0 atom stereocenters. The van der Waals surface area contributed by atoms with Crippen molar-refractivity contribution in [3.05, 3.63) is 23.9 Å². The van der Waals surface area contributed by atoms with Crippen LogP contribution in [-0.2, 0) is 0 Å². The Labute approximate surface area is 96.8 Å². The Kier molecular flexibility index (Phi) is 6.01. The molecule has 0 radical (unpaired) electrons. The van der Waals surface area contributed by atoms with Crippen molar-refractivity contribution in [3.63, 3.8) is 0 Å². The minimum absolute atomic E-state index is 0.194. The van der Waals surface area contributed by atoms with Gasteiger partial charge in [0.2, 0.25) is 5.88 Å². The monoisotopic (exact) mass is 226 g/mol. The molecule has 0 unspecified atom stereocenters. The lowest BCUT2D eigenvalue weighted by molar-refractivity contribution is 0.397. The lowest BCUT2D eigenvalue weighted by Crippen LogP contribution is -1.99. The smallest absolute Gasteiger partial charge is 0.213 e. The lowest BCUT2D eigenvalue weighted by atomic mass is 10.3. The van der Waals surface area contributed by atoms with Gasteiger partial charge in [0.15, 0.2) is 0 Å². The van der Waals surface area contributed by atoms with Gasteiger partial charge in [-0.2, -0.15) is 12.6 Å². The molecule has 0 aliphatic carbocycles. The molecule has 1 aromatic heterocycles. The van der Waals surface area contributed by atoms with Crippen molar-refractivity contribution < 1.29 is 4.74 Å². The maximum Gasteiger partial charge on any atom is 0.213 e. The van der Waals surface area contributed by atoms with E-state index in [1.807, 2.05) is 0 Å². The molecule has 4 heteroatoms. The van der Waals surface area contributed by atoms with Crippen molar-refractivity contribution >= 4 is 18.8 Å². The van der Waals surface area contributed by atoms with Crippen molar-refractivity contribution in [1.82, 2.24) is 4.98 Å². The maximum atomic E-state index is 6.87. The van der Waals surface area contributed by atoms with Gasteiger partial charge in [-0.15, -0.1) is 0 Å². The Morgan fingerprint density at radius 3 is 2.33 bits per heavy atom. The molecule has 1 heterocycles. The zero-order chi connectivity index (χ0) is 11.9. The summed E-state index contributed by atoms with van der Waals surface area (Å²) < 4.78 is 5.04. The van der Waals surface area contributed by atoms with E-state index in [1.165, 1.54) is 6.21 Å². The second kappa shape index (κ2) is 6.45. The van der Waals surface area contributed by atoms with E-state index in [0.717, 1.165) is 0 Å². The number of hydrogen-bond acceptors (Lipinski definition) is 4. The summed E-state index contributed by atoms with van der Waals surface area (Å²) >= 11 is 4.12. The molecule has 3 nitrogen and oxygen atoms in total. The van der Waals surface area contributed by atoms with Gasteiger partial charge in [0.25, 0.3) is 0 Å². The Bertz CT molecular complexity index is 302. The van der Waals surface area contributed by atoms with E-state index in [-0.39, 0.29) is 4.75 Å². The molecular weight excluding hydrogens is 208 g/mol. The van der Waals surface area contributed by atoms with E-state index in [4.69, 9.17) is 10.1 Å². The SMILES string of the molecule is CC(C)(C)S.COc1cccc(C=N)n1. The van der Waals surface area contributed by atoms with Gasteiger partial charge < -0.3 is 10.1 Å². The van der Waals surface area contributed by atoms with Crippen LogP contribution in [0.1, 0.15) is 26.5 Å². The third kappa shape index (κ3) is 9.28. The first-order valence-corrected chi connectivity index (χ1v) is 5.05. The number of rotatable bonds is 2. The molecule has 0 aromatic carbocycles. The van der Waals surface area contributed by atoms with Crippen LogP contribution in [0.25, 0.3) is 0 Å². The number of thiol groups is 1. The van der Waals surface area contributed by atoms with Crippen LogP contribution in [0.15, 0.2) is 18.2 Å². The fourth-order valence-electron chi connectivity index (χ4n) is 0.625. The topological polar surface area (TPSA) is 46.0 Å². The van der Waals surface area contributed by atoms with Gasteiger partial charge in [0.05, 0.1) is 12.8 Å². The van der Waals surface area contributed by atoms with Gasteiger partial charge in [-0.05, 0) is 6.07 Å². The first-order chi connectivity index (χ1) is 6.86. The number of hydrogen-bond donors (Lipinski definition) is 2. The molecule has 0 bridgehead atoms. The minimum Gasteiger partial charge on any atom is -0.481 e. The fourth-order valence-corrected chi connectivity index (χ4v) is 0.625. The summed E-state index contributed by atoms with van der Waals surface area (Å²) in [5.41, 5.74) is 0.611. The molecule has 84 valence electrons. The van der Waals surface area contributed by atoms with Crippen LogP contribution in [0, 0.1) is 5.41 Å². The summed E-state index contributed by atoms with van der Waals surface area (Å²) in [5, 5.41) is 6.87. The zero-order valence-corrected chi connectivity index (χ0v) is 10.5. The fraction of sp³-hybridized carbons (Fsp3) is 0.455. The van der Waals surface area contributed by atoms with E-state index >= 15 is 0 Å². The van der Waals surface area contributed by atoms with E-state index in [9.17, 15) is 0 Å². The summed E-state index contributed by atoms with van der Waals surface area (Å²) in [6, 6.07) is 5.29. The first kappa shape index (κ1) is 14.0. The third-order valence-corrected chi connectivity index (χ3v) is 1.10. The molecule has 1 rings (SSSR count). The minimum atomic E-state index is 0.194.